The van der Waals surface area contributed by atoms with E-state index in [9.17, 15) is 18.0 Å². The van der Waals surface area contributed by atoms with E-state index in [-0.39, 0.29) is 24.3 Å². The molecule has 1 spiro atoms. The number of anilines is 3. The van der Waals surface area contributed by atoms with Gasteiger partial charge in [-0.3, -0.25) is 0 Å². The molecular weight excluding hydrogens is 419 g/mol. The molecule has 1 saturated heterocycles. The van der Waals surface area contributed by atoms with Crippen molar-refractivity contribution in [3.8, 4) is 0 Å². The van der Waals surface area contributed by atoms with E-state index in [2.05, 4.69) is 20.6 Å². The molecule has 0 bridgehead atoms. The summed E-state index contributed by atoms with van der Waals surface area (Å²) < 4.78 is 40.7. The second-order valence-corrected chi connectivity index (χ2v) is 8.50. The molecule has 0 radical (unpaired) electrons. The molecule has 2 aliphatic rings. The number of benzene rings is 1. The Morgan fingerprint density at radius 3 is 2.67 bits per heavy atom. The van der Waals surface area contributed by atoms with Crippen molar-refractivity contribution in [3.05, 3.63) is 47.5 Å². The van der Waals surface area contributed by atoms with Crippen LogP contribution in [0.25, 0.3) is 10.9 Å². The van der Waals surface area contributed by atoms with Crippen LogP contribution in [0.3, 0.4) is 0 Å². The first-order valence-corrected chi connectivity index (χ1v) is 9.73. The quantitative estimate of drug-likeness (QED) is 0.527. The Hall–Kier alpha value is -2.94. The lowest BCUT2D eigenvalue weighted by atomic mass is 9.61. The first-order chi connectivity index (χ1) is 14.2. The third-order valence-corrected chi connectivity index (χ3v) is 5.83. The number of hydrogen-bond donors (Lipinski definition) is 3. The molecule has 3 N–H and O–H groups in total. The van der Waals surface area contributed by atoms with Crippen LogP contribution >= 0.6 is 11.6 Å². The molecule has 1 saturated carbocycles. The Morgan fingerprint density at radius 1 is 1.20 bits per heavy atom. The van der Waals surface area contributed by atoms with E-state index in [1.54, 1.807) is 29.3 Å². The number of fused-ring (bicyclic) bond motifs is 1. The summed E-state index contributed by atoms with van der Waals surface area (Å²) in [6.07, 6.45) is 2.66. The van der Waals surface area contributed by atoms with Crippen molar-refractivity contribution in [2.45, 2.75) is 18.8 Å². The highest BCUT2D eigenvalue weighted by Gasteiger charge is 2.62. The lowest BCUT2D eigenvalue weighted by Gasteiger charge is -2.58. The van der Waals surface area contributed by atoms with Crippen LogP contribution in [0.2, 0.25) is 5.02 Å². The van der Waals surface area contributed by atoms with Gasteiger partial charge in [0.2, 0.25) is 5.92 Å². The number of hydrogen-bond acceptors (Lipinski definition) is 3. The van der Waals surface area contributed by atoms with Crippen LogP contribution in [-0.4, -0.2) is 35.0 Å². The molecule has 1 aliphatic carbocycles. The summed E-state index contributed by atoms with van der Waals surface area (Å²) in [6, 6.07) is 5.84. The van der Waals surface area contributed by atoms with Crippen LogP contribution in [0.1, 0.15) is 12.8 Å². The molecule has 1 aliphatic heterocycles. The maximum Gasteiger partial charge on any atom is 0.323 e. The first-order valence-electron chi connectivity index (χ1n) is 9.35. The molecule has 0 unspecified atom stereocenters. The van der Waals surface area contributed by atoms with Gasteiger partial charge in [0.25, 0.3) is 0 Å². The van der Waals surface area contributed by atoms with E-state index in [1.165, 1.54) is 6.20 Å². The van der Waals surface area contributed by atoms with Crippen molar-refractivity contribution in [1.82, 2.24) is 9.97 Å². The van der Waals surface area contributed by atoms with Gasteiger partial charge in [0.05, 0.1) is 17.6 Å². The normalized spacial score (nSPS) is 18.7. The maximum absolute atomic E-state index is 14.5. The zero-order valence-corrected chi connectivity index (χ0v) is 16.4. The summed E-state index contributed by atoms with van der Waals surface area (Å²) in [6.45, 7) is 0.728. The molecule has 2 aromatic heterocycles. The van der Waals surface area contributed by atoms with Gasteiger partial charge in [-0.2, -0.15) is 0 Å². The minimum atomic E-state index is -2.60. The van der Waals surface area contributed by atoms with Gasteiger partial charge in [0.1, 0.15) is 0 Å². The summed E-state index contributed by atoms with van der Waals surface area (Å²) in [7, 11) is 0. The summed E-state index contributed by atoms with van der Waals surface area (Å²) in [5, 5.41) is 6.49. The van der Waals surface area contributed by atoms with Gasteiger partial charge in [-0.1, -0.05) is 11.6 Å². The number of carbonyl (C=O) groups is 1. The predicted octanol–water partition coefficient (Wildman–Crippen LogP) is 5.23. The number of alkyl halides is 2. The Morgan fingerprint density at radius 2 is 1.97 bits per heavy atom. The van der Waals surface area contributed by atoms with Gasteiger partial charge in [-0.15, -0.1) is 0 Å². The number of H-pyrrole nitrogens is 1. The van der Waals surface area contributed by atoms with E-state index in [0.29, 0.717) is 23.8 Å². The van der Waals surface area contributed by atoms with Crippen molar-refractivity contribution in [3.63, 3.8) is 0 Å². The summed E-state index contributed by atoms with van der Waals surface area (Å²) in [4.78, 5) is 21.0. The molecule has 0 atom stereocenters. The summed E-state index contributed by atoms with van der Waals surface area (Å²) in [5.41, 5.74) is 1.09. The van der Waals surface area contributed by atoms with E-state index >= 15 is 0 Å². The second kappa shape index (κ2) is 6.53. The lowest BCUT2D eigenvalue weighted by Crippen LogP contribution is -2.66. The van der Waals surface area contributed by atoms with E-state index in [1.807, 2.05) is 0 Å². The SMILES string of the molecule is O=C(Nc1cnc(N2CC3(C2)CC(F)(F)C3)c(F)c1)Nc1c[nH]c2ccc(Cl)cc12. The maximum atomic E-state index is 14.5. The second-order valence-electron chi connectivity index (χ2n) is 8.07. The van der Waals surface area contributed by atoms with Crippen LogP contribution in [0.4, 0.5) is 35.2 Å². The number of rotatable bonds is 3. The van der Waals surface area contributed by atoms with Gasteiger partial charge < -0.3 is 20.5 Å². The largest absolute Gasteiger partial charge is 0.359 e. The van der Waals surface area contributed by atoms with Gasteiger partial charge in [-0.05, 0) is 18.2 Å². The van der Waals surface area contributed by atoms with Crippen LogP contribution in [0.15, 0.2) is 36.7 Å². The molecule has 3 aromatic rings. The fourth-order valence-corrected chi connectivity index (χ4v) is 4.57. The summed E-state index contributed by atoms with van der Waals surface area (Å²) in [5.74, 6) is -3.12. The molecule has 6 nitrogen and oxygen atoms in total. The topological polar surface area (TPSA) is 73.1 Å². The predicted molar refractivity (Wildman–Crippen MR) is 109 cm³/mol. The number of pyridine rings is 1. The number of halogens is 4. The van der Waals surface area contributed by atoms with Gasteiger partial charge in [0, 0.05) is 59.5 Å². The number of aromatic nitrogens is 2. The third-order valence-electron chi connectivity index (χ3n) is 5.59. The van der Waals surface area contributed by atoms with Gasteiger partial charge in [-0.25, -0.2) is 22.9 Å². The highest BCUT2D eigenvalue weighted by molar-refractivity contribution is 6.31. The molecule has 30 heavy (non-hydrogen) atoms. The van der Waals surface area contributed by atoms with E-state index in [0.717, 1.165) is 17.0 Å². The zero-order valence-electron chi connectivity index (χ0n) is 15.6. The van der Waals surface area contributed by atoms with Gasteiger partial charge >= 0.3 is 6.03 Å². The third kappa shape index (κ3) is 3.32. The minimum absolute atomic E-state index is 0.105. The number of amides is 2. The molecule has 5 rings (SSSR count). The Balaban J connectivity index is 1.23. The fourth-order valence-electron chi connectivity index (χ4n) is 4.39. The average Bonchev–Trinajstić information content (AvgIpc) is 3.00. The monoisotopic (exact) mass is 435 g/mol. The van der Waals surface area contributed by atoms with Crippen molar-refractivity contribution in [1.29, 1.82) is 0 Å². The van der Waals surface area contributed by atoms with Crippen LogP contribution in [0, 0.1) is 11.2 Å². The highest BCUT2D eigenvalue weighted by Crippen LogP contribution is 2.57. The average molecular weight is 436 g/mol. The molecule has 10 heteroatoms. The zero-order chi connectivity index (χ0) is 21.1. The van der Waals surface area contributed by atoms with Crippen molar-refractivity contribution in [2.75, 3.05) is 28.6 Å². The summed E-state index contributed by atoms with van der Waals surface area (Å²) >= 11 is 6.00. The van der Waals surface area contributed by atoms with Gasteiger partial charge in [0.15, 0.2) is 11.6 Å². The number of urea groups is 1. The standard InChI is InChI=1S/C20H17ClF3N5O/c21-11-1-2-15-13(3-11)16(6-25-15)28-18(30)27-12-4-14(22)17(26-5-12)29-9-19(10-29)7-20(23,24)8-19/h1-6,25H,7-10H2,(H2,27,28,30). The van der Waals surface area contributed by atoms with Crippen LogP contribution < -0.4 is 15.5 Å². The lowest BCUT2D eigenvalue weighted by molar-refractivity contribution is -0.170. The van der Waals surface area contributed by atoms with Crippen LogP contribution in [0.5, 0.6) is 0 Å². The molecule has 2 fully saturated rings. The van der Waals surface area contributed by atoms with E-state index < -0.39 is 23.2 Å². The van der Waals surface area contributed by atoms with Crippen LogP contribution in [-0.2, 0) is 0 Å². The molecule has 3 heterocycles. The number of nitrogens with one attached hydrogen (secondary N) is 3. The van der Waals surface area contributed by atoms with Crippen molar-refractivity contribution < 1.29 is 18.0 Å². The number of aromatic amines is 1. The molecule has 2 amide bonds. The molecular formula is C20H17ClF3N5O. The molecule has 1 aromatic carbocycles. The number of nitrogens with zero attached hydrogens (tertiary/aromatic N) is 2. The highest BCUT2D eigenvalue weighted by atomic mass is 35.5. The Bertz CT molecular complexity index is 1150. The number of carbonyl (C=O) groups excluding carboxylic acids is 1. The van der Waals surface area contributed by atoms with Crippen molar-refractivity contribution >= 4 is 45.7 Å². The smallest absolute Gasteiger partial charge is 0.323 e. The minimum Gasteiger partial charge on any atom is -0.359 e. The first kappa shape index (κ1) is 19.0. The fraction of sp³-hybridized carbons (Fsp3) is 0.300. The Labute approximate surface area is 174 Å². The molecule has 156 valence electrons. The van der Waals surface area contributed by atoms with Crippen molar-refractivity contribution in [2.24, 2.45) is 5.41 Å². The Kier molecular flexibility index (Phi) is 4.15. The van der Waals surface area contributed by atoms with E-state index in [4.69, 9.17) is 11.6 Å².